The number of anilines is 2. The Balaban J connectivity index is 1.81. The summed E-state index contributed by atoms with van der Waals surface area (Å²) < 4.78 is 28.8. The number of para-hydroxylation sites is 2. The molecule has 0 radical (unpaired) electrons. The van der Waals surface area contributed by atoms with Crippen LogP contribution in [-0.2, 0) is 19.6 Å². The van der Waals surface area contributed by atoms with Crippen molar-refractivity contribution in [3.05, 3.63) is 48.0 Å². The maximum atomic E-state index is 12.5. The zero-order valence-corrected chi connectivity index (χ0v) is 15.5. The van der Waals surface area contributed by atoms with Crippen molar-refractivity contribution in [2.75, 3.05) is 23.4 Å². The van der Waals surface area contributed by atoms with Crippen molar-refractivity contribution in [3.8, 4) is 5.75 Å². The van der Waals surface area contributed by atoms with Gasteiger partial charge < -0.3 is 10.1 Å². The second kappa shape index (κ2) is 7.37. The molecule has 0 saturated heterocycles. The van der Waals surface area contributed by atoms with E-state index in [1.807, 2.05) is 0 Å². The monoisotopic (exact) mass is 389 g/mol. The number of carbonyl (C=O) groups excluding carboxylic acids is 2. The summed E-state index contributed by atoms with van der Waals surface area (Å²) in [5, 5.41) is 7.80. The van der Waals surface area contributed by atoms with Crippen LogP contribution in [-0.4, -0.2) is 33.4 Å². The van der Waals surface area contributed by atoms with Crippen molar-refractivity contribution in [1.82, 2.24) is 0 Å². The van der Waals surface area contributed by atoms with E-state index in [1.54, 1.807) is 43.3 Å². The van der Waals surface area contributed by atoms with Gasteiger partial charge in [0.05, 0.1) is 23.6 Å². The summed E-state index contributed by atoms with van der Waals surface area (Å²) in [7, 11) is -3.90. The number of fused-ring (bicyclic) bond motifs is 1. The van der Waals surface area contributed by atoms with Gasteiger partial charge in [0.15, 0.2) is 0 Å². The van der Waals surface area contributed by atoms with Crippen LogP contribution in [0.2, 0.25) is 0 Å². The highest BCUT2D eigenvalue weighted by Crippen LogP contribution is 2.30. The third-order valence-electron chi connectivity index (χ3n) is 4.11. The fourth-order valence-electron chi connectivity index (χ4n) is 2.82. The number of hydrogen-bond acceptors (Lipinski definition) is 5. The Morgan fingerprint density at radius 1 is 1.26 bits per heavy atom. The number of nitrogens with one attached hydrogen (secondary N) is 1. The molecule has 142 valence electrons. The Bertz CT molecular complexity index is 1000. The smallest absolute Gasteiger partial charge is 0.244 e. The average molecular weight is 389 g/mol. The summed E-state index contributed by atoms with van der Waals surface area (Å²) in [6.07, 6.45) is 0.155. The molecule has 0 fully saturated rings. The highest BCUT2D eigenvalue weighted by atomic mass is 32.2. The zero-order chi connectivity index (χ0) is 19.6. The maximum absolute atomic E-state index is 12.5. The molecule has 0 bridgehead atoms. The first-order valence-corrected chi connectivity index (χ1v) is 9.76. The van der Waals surface area contributed by atoms with E-state index < -0.39 is 15.9 Å². The van der Waals surface area contributed by atoms with Crippen LogP contribution in [0.1, 0.15) is 12.0 Å². The fraction of sp³-hybridized carbons (Fsp3) is 0.222. The first kappa shape index (κ1) is 18.9. The van der Waals surface area contributed by atoms with Crippen LogP contribution in [0.25, 0.3) is 0 Å². The van der Waals surface area contributed by atoms with E-state index in [2.05, 4.69) is 5.32 Å². The summed E-state index contributed by atoms with van der Waals surface area (Å²) in [5.41, 5.74) is 1.27. The molecule has 3 N–H and O–H groups in total. The predicted octanol–water partition coefficient (Wildman–Crippen LogP) is 1.40. The van der Waals surface area contributed by atoms with E-state index in [4.69, 9.17) is 9.88 Å². The molecule has 9 heteroatoms. The zero-order valence-electron chi connectivity index (χ0n) is 14.6. The van der Waals surface area contributed by atoms with Gasteiger partial charge in [-0.05, 0) is 36.8 Å². The van der Waals surface area contributed by atoms with Crippen LogP contribution in [0.3, 0.4) is 0 Å². The molecule has 2 aromatic rings. The quantitative estimate of drug-likeness (QED) is 0.819. The molecule has 1 aliphatic heterocycles. The fourth-order valence-corrected chi connectivity index (χ4v) is 3.63. The van der Waals surface area contributed by atoms with Gasteiger partial charge in [0.1, 0.15) is 12.3 Å². The lowest BCUT2D eigenvalue weighted by Gasteiger charge is -2.21. The normalized spacial score (nSPS) is 14.1. The Hall–Kier alpha value is -2.91. The molecular formula is C18H19N3O5S. The number of primary sulfonamides is 1. The number of nitrogens with zero attached hydrogens (tertiary/aromatic N) is 1. The maximum Gasteiger partial charge on any atom is 0.244 e. The van der Waals surface area contributed by atoms with Gasteiger partial charge in [0, 0.05) is 5.69 Å². The first-order chi connectivity index (χ1) is 12.8. The van der Waals surface area contributed by atoms with Gasteiger partial charge in [-0.25, -0.2) is 13.6 Å². The Labute approximate surface area is 157 Å². The molecule has 1 heterocycles. The number of benzene rings is 2. The number of ether oxygens (including phenoxy) is 1. The number of nitrogens with two attached hydrogens (primary N) is 1. The molecule has 0 saturated carbocycles. The number of sulfonamides is 1. The van der Waals surface area contributed by atoms with Crippen molar-refractivity contribution >= 4 is 33.2 Å². The molecule has 0 aromatic heterocycles. The third-order valence-corrected chi connectivity index (χ3v) is 5.16. The summed E-state index contributed by atoms with van der Waals surface area (Å²) >= 11 is 0. The minimum absolute atomic E-state index is 0.0649. The average Bonchev–Trinajstić information content (AvgIpc) is 2.75. The van der Waals surface area contributed by atoms with Crippen molar-refractivity contribution in [2.45, 2.75) is 18.2 Å². The molecule has 2 aromatic carbocycles. The molecule has 0 aliphatic carbocycles. The molecule has 0 unspecified atom stereocenters. The highest BCUT2D eigenvalue weighted by molar-refractivity contribution is 7.89. The third kappa shape index (κ3) is 4.26. The van der Waals surface area contributed by atoms with Gasteiger partial charge in [-0.2, -0.15) is 0 Å². The van der Waals surface area contributed by atoms with E-state index in [1.165, 1.54) is 11.0 Å². The summed E-state index contributed by atoms with van der Waals surface area (Å²) in [6, 6.07) is 11.4. The summed E-state index contributed by atoms with van der Waals surface area (Å²) in [5.74, 6) is -0.170. The molecule has 8 nitrogen and oxygen atoms in total. The molecule has 27 heavy (non-hydrogen) atoms. The topological polar surface area (TPSA) is 119 Å². The van der Waals surface area contributed by atoms with Crippen LogP contribution < -0.4 is 20.1 Å². The van der Waals surface area contributed by atoms with Gasteiger partial charge in [0.25, 0.3) is 0 Å². The first-order valence-electron chi connectivity index (χ1n) is 8.21. The number of hydrogen-bond donors (Lipinski definition) is 2. The second-order valence-electron chi connectivity index (χ2n) is 6.12. The molecule has 0 atom stereocenters. The van der Waals surface area contributed by atoms with Crippen LogP contribution in [0.4, 0.5) is 11.4 Å². The van der Waals surface area contributed by atoms with E-state index >= 15 is 0 Å². The van der Waals surface area contributed by atoms with E-state index in [-0.39, 0.29) is 36.1 Å². The predicted molar refractivity (Wildman–Crippen MR) is 100 cm³/mol. The van der Waals surface area contributed by atoms with Gasteiger partial charge in [-0.3, -0.25) is 14.5 Å². The van der Waals surface area contributed by atoms with Gasteiger partial charge in [-0.1, -0.05) is 18.2 Å². The van der Waals surface area contributed by atoms with E-state index in [0.29, 0.717) is 17.0 Å². The standard InChI is InChI=1S/C18H19N3O5S/c1-12-6-7-13(10-16(12)27(19,24)25)20-17(22)11-21-14-4-2-3-5-15(14)26-9-8-18(21)23/h2-7,10H,8-9,11H2,1H3,(H,20,22)(H2,19,24,25). The van der Waals surface area contributed by atoms with E-state index in [0.717, 1.165) is 0 Å². The highest BCUT2D eigenvalue weighted by Gasteiger charge is 2.25. The van der Waals surface area contributed by atoms with Crippen LogP contribution in [0, 0.1) is 6.92 Å². The number of rotatable bonds is 4. The molecule has 1 aliphatic rings. The Morgan fingerprint density at radius 3 is 2.74 bits per heavy atom. The lowest BCUT2D eigenvalue weighted by atomic mass is 10.2. The largest absolute Gasteiger partial charge is 0.491 e. The van der Waals surface area contributed by atoms with Crippen LogP contribution in [0.15, 0.2) is 47.4 Å². The van der Waals surface area contributed by atoms with Crippen molar-refractivity contribution < 1.29 is 22.7 Å². The molecular weight excluding hydrogens is 370 g/mol. The number of carbonyl (C=O) groups is 2. The molecule has 2 amide bonds. The van der Waals surface area contributed by atoms with Crippen LogP contribution >= 0.6 is 0 Å². The summed E-state index contributed by atoms with van der Waals surface area (Å²) in [4.78, 5) is 26.1. The minimum atomic E-state index is -3.90. The lowest BCUT2D eigenvalue weighted by molar-refractivity contribution is -0.121. The summed E-state index contributed by atoms with van der Waals surface area (Å²) in [6.45, 7) is 1.62. The SMILES string of the molecule is Cc1ccc(NC(=O)CN2C(=O)CCOc3ccccc32)cc1S(N)(=O)=O. The van der Waals surface area contributed by atoms with E-state index in [9.17, 15) is 18.0 Å². The Kier molecular flexibility index (Phi) is 5.15. The number of aryl methyl sites for hydroxylation is 1. The van der Waals surface area contributed by atoms with Gasteiger partial charge >= 0.3 is 0 Å². The van der Waals surface area contributed by atoms with Crippen molar-refractivity contribution in [2.24, 2.45) is 5.14 Å². The lowest BCUT2D eigenvalue weighted by Crippen LogP contribution is -2.37. The Morgan fingerprint density at radius 2 is 2.00 bits per heavy atom. The van der Waals surface area contributed by atoms with Crippen molar-refractivity contribution in [3.63, 3.8) is 0 Å². The minimum Gasteiger partial charge on any atom is -0.491 e. The van der Waals surface area contributed by atoms with Gasteiger partial charge in [-0.15, -0.1) is 0 Å². The molecule has 0 spiro atoms. The molecule has 3 rings (SSSR count). The van der Waals surface area contributed by atoms with Gasteiger partial charge in [0.2, 0.25) is 21.8 Å². The number of amides is 2. The van der Waals surface area contributed by atoms with Crippen molar-refractivity contribution in [1.29, 1.82) is 0 Å². The van der Waals surface area contributed by atoms with Crippen LogP contribution in [0.5, 0.6) is 5.75 Å². The second-order valence-corrected chi connectivity index (χ2v) is 7.65.